The molecule has 2 aromatic carbocycles. The maximum atomic E-state index is 12.8. The van der Waals surface area contributed by atoms with Crippen molar-refractivity contribution >= 4 is 11.8 Å². The number of anilines is 1. The van der Waals surface area contributed by atoms with Crippen molar-refractivity contribution in [1.82, 2.24) is 20.4 Å². The summed E-state index contributed by atoms with van der Waals surface area (Å²) >= 11 is 0. The predicted octanol–water partition coefficient (Wildman–Crippen LogP) is 3.56. The Kier molecular flexibility index (Phi) is 7.26. The van der Waals surface area contributed by atoms with Crippen molar-refractivity contribution < 1.29 is 14.3 Å². The third-order valence-electron chi connectivity index (χ3n) is 5.80. The van der Waals surface area contributed by atoms with Gasteiger partial charge in [-0.25, -0.2) is 9.48 Å². The van der Waals surface area contributed by atoms with Gasteiger partial charge in [-0.2, -0.15) is 0 Å². The van der Waals surface area contributed by atoms with Gasteiger partial charge in [0.15, 0.2) is 0 Å². The molecule has 8 nitrogen and oxygen atoms in total. The number of amides is 2. The van der Waals surface area contributed by atoms with Gasteiger partial charge in [-0.15, -0.1) is 5.10 Å². The summed E-state index contributed by atoms with van der Waals surface area (Å²) < 4.78 is 12.9. The number of aromatic nitrogens is 2. The van der Waals surface area contributed by atoms with Gasteiger partial charge in [0, 0.05) is 32.7 Å². The van der Waals surface area contributed by atoms with Gasteiger partial charge >= 0.3 is 6.03 Å². The quantitative estimate of drug-likeness (QED) is 0.465. The largest absolute Gasteiger partial charge is 0.476 e. The zero-order chi connectivity index (χ0) is 23.2. The fourth-order valence-corrected chi connectivity index (χ4v) is 3.68. The van der Waals surface area contributed by atoms with Crippen molar-refractivity contribution in [2.24, 2.45) is 5.92 Å². The number of hydrogen-bond donors (Lipinski definition) is 3. The Morgan fingerprint density at radius 3 is 2.67 bits per heavy atom. The zero-order valence-electron chi connectivity index (χ0n) is 19.4. The highest BCUT2D eigenvalue weighted by molar-refractivity contribution is 5.89. The van der Waals surface area contributed by atoms with E-state index in [1.165, 1.54) is 0 Å². The Labute approximate surface area is 194 Å². The molecule has 2 amide bonds. The number of nitrogens with one attached hydrogen (secondary N) is 3. The van der Waals surface area contributed by atoms with E-state index in [0.29, 0.717) is 37.4 Å². The molecule has 0 aliphatic carbocycles. The summed E-state index contributed by atoms with van der Waals surface area (Å²) in [6.45, 7) is 7.40. The van der Waals surface area contributed by atoms with Crippen molar-refractivity contribution in [1.29, 1.82) is 0 Å². The number of urea groups is 1. The van der Waals surface area contributed by atoms with Crippen molar-refractivity contribution in [2.75, 3.05) is 32.1 Å². The van der Waals surface area contributed by atoms with Crippen molar-refractivity contribution in [2.45, 2.75) is 27.0 Å². The molecule has 2 heterocycles. The SMILES string of the molecule is COCc1ccc(C)c(CNC(=O)Nc2c(C)c(OCC3CNC3)nn2-c2ccccc2)c1. The summed E-state index contributed by atoms with van der Waals surface area (Å²) in [5.74, 6) is 1.61. The Hall–Kier alpha value is -3.36. The van der Waals surface area contributed by atoms with E-state index in [2.05, 4.69) is 27.1 Å². The molecule has 3 N–H and O–H groups in total. The molecule has 3 aromatic rings. The number of rotatable bonds is 9. The molecule has 0 saturated carbocycles. The summed E-state index contributed by atoms with van der Waals surface area (Å²) in [7, 11) is 1.67. The van der Waals surface area contributed by atoms with Gasteiger partial charge < -0.3 is 20.1 Å². The van der Waals surface area contributed by atoms with Gasteiger partial charge in [0.1, 0.15) is 5.82 Å². The first-order valence-corrected chi connectivity index (χ1v) is 11.2. The maximum Gasteiger partial charge on any atom is 0.320 e. The van der Waals surface area contributed by atoms with E-state index >= 15 is 0 Å². The lowest BCUT2D eigenvalue weighted by Crippen LogP contribution is -2.45. The van der Waals surface area contributed by atoms with E-state index in [0.717, 1.165) is 41.0 Å². The van der Waals surface area contributed by atoms with Crippen LogP contribution in [0.3, 0.4) is 0 Å². The summed E-state index contributed by atoms with van der Waals surface area (Å²) in [6, 6.07) is 15.5. The molecule has 1 saturated heterocycles. The smallest absolute Gasteiger partial charge is 0.320 e. The molecule has 1 aromatic heterocycles. The number of aryl methyl sites for hydroxylation is 1. The van der Waals surface area contributed by atoms with Crippen LogP contribution in [-0.2, 0) is 17.9 Å². The highest BCUT2D eigenvalue weighted by Crippen LogP contribution is 2.28. The van der Waals surface area contributed by atoms with Gasteiger partial charge in [0.2, 0.25) is 5.88 Å². The lowest BCUT2D eigenvalue weighted by atomic mass is 10.1. The molecule has 33 heavy (non-hydrogen) atoms. The maximum absolute atomic E-state index is 12.8. The molecular weight excluding hydrogens is 418 g/mol. The average Bonchev–Trinajstić information content (AvgIpc) is 3.09. The van der Waals surface area contributed by atoms with Crippen LogP contribution in [0.2, 0.25) is 0 Å². The van der Waals surface area contributed by atoms with Crippen LogP contribution in [-0.4, -0.2) is 42.6 Å². The molecule has 0 bridgehead atoms. The average molecular weight is 450 g/mol. The lowest BCUT2D eigenvalue weighted by molar-refractivity contribution is 0.185. The van der Waals surface area contributed by atoms with Crippen molar-refractivity contribution in [3.8, 4) is 11.6 Å². The number of carbonyl (C=O) groups is 1. The lowest BCUT2D eigenvalue weighted by Gasteiger charge is -2.26. The van der Waals surface area contributed by atoms with Gasteiger partial charge in [-0.05, 0) is 42.7 Å². The third-order valence-corrected chi connectivity index (χ3v) is 5.80. The van der Waals surface area contributed by atoms with Crippen LogP contribution in [0, 0.1) is 19.8 Å². The second-order valence-corrected chi connectivity index (χ2v) is 8.36. The number of para-hydroxylation sites is 1. The van der Waals surface area contributed by atoms with Crippen LogP contribution in [0.1, 0.15) is 22.3 Å². The minimum Gasteiger partial charge on any atom is -0.476 e. The molecule has 8 heteroatoms. The first-order chi connectivity index (χ1) is 16.0. The second-order valence-electron chi connectivity index (χ2n) is 8.36. The zero-order valence-corrected chi connectivity index (χ0v) is 19.4. The number of methoxy groups -OCH3 is 1. The molecule has 174 valence electrons. The van der Waals surface area contributed by atoms with Crippen molar-refractivity contribution in [3.05, 3.63) is 70.8 Å². The number of nitrogens with zero attached hydrogens (tertiary/aromatic N) is 2. The summed E-state index contributed by atoms with van der Waals surface area (Å²) in [6.07, 6.45) is 0. The van der Waals surface area contributed by atoms with E-state index < -0.39 is 0 Å². The Balaban J connectivity index is 1.49. The normalized spacial score (nSPS) is 13.4. The van der Waals surface area contributed by atoms with E-state index in [-0.39, 0.29) is 6.03 Å². The second kappa shape index (κ2) is 10.5. The number of benzene rings is 2. The van der Waals surface area contributed by atoms with Crippen LogP contribution < -0.4 is 20.7 Å². The fraction of sp³-hybridized carbons (Fsp3) is 0.360. The summed E-state index contributed by atoms with van der Waals surface area (Å²) in [5.41, 5.74) is 4.87. The van der Waals surface area contributed by atoms with Crippen LogP contribution in [0.15, 0.2) is 48.5 Å². The van der Waals surface area contributed by atoms with E-state index in [1.807, 2.05) is 56.3 Å². The molecular formula is C25H31N5O3. The van der Waals surface area contributed by atoms with Crippen LogP contribution in [0.5, 0.6) is 5.88 Å². The highest BCUT2D eigenvalue weighted by Gasteiger charge is 2.22. The Morgan fingerprint density at radius 1 is 1.18 bits per heavy atom. The summed E-state index contributed by atoms with van der Waals surface area (Å²) in [4.78, 5) is 12.8. The van der Waals surface area contributed by atoms with Gasteiger partial charge in [-0.3, -0.25) is 5.32 Å². The van der Waals surface area contributed by atoms with Crippen LogP contribution >= 0.6 is 0 Å². The number of hydrogen-bond acceptors (Lipinski definition) is 5. The topological polar surface area (TPSA) is 89.4 Å². The van der Waals surface area contributed by atoms with Crippen LogP contribution in [0.25, 0.3) is 5.69 Å². The predicted molar refractivity (Wildman–Crippen MR) is 128 cm³/mol. The Bertz CT molecular complexity index is 1090. The standard InChI is InChI=1S/C25H31N5O3/c1-17-9-10-19(15-32-3)11-21(17)14-27-25(31)28-23-18(2)24(33-16-20-12-26-13-20)29-30(23)22-7-5-4-6-8-22/h4-11,20,26H,12-16H2,1-3H3,(H2,27,28,31). The first-order valence-electron chi connectivity index (χ1n) is 11.2. The van der Waals surface area contributed by atoms with E-state index in [1.54, 1.807) is 11.8 Å². The van der Waals surface area contributed by atoms with E-state index in [4.69, 9.17) is 9.47 Å². The molecule has 0 unspecified atom stereocenters. The van der Waals surface area contributed by atoms with Crippen molar-refractivity contribution in [3.63, 3.8) is 0 Å². The molecule has 4 rings (SSSR count). The number of ether oxygens (including phenoxy) is 2. The van der Waals surface area contributed by atoms with Gasteiger partial charge in [0.25, 0.3) is 0 Å². The molecule has 1 fully saturated rings. The minimum atomic E-state index is -0.304. The molecule has 0 atom stereocenters. The monoisotopic (exact) mass is 449 g/mol. The molecule has 0 spiro atoms. The highest BCUT2D eigenvalue weighted by atomic mass is 16.5. The third kappa shape index (κ3) is 5.53. The van der Waals surface area contributed by atoms with Gasteiger partial charge in [-0.1, -0.05) is 36.4 Å². The first kappa shape index (κ1) is 22.8. The fourth-order valence-electron chi connectivity index (χ4n) is 3.68. The van der Waals surface area contributed by atoms with Gasteiger partial charge in [0.05, 0.1) is 24.5 Å². The van der Waals surface area contributed by atoms with Crippen LogP contribution in [0.4, 0.5) is 10.6 Å². The molecule has 1 aliphatic heterocycles. The summed E-state index contributed by atoms with van der Waals surface area (Å²) in [5, 5.41) is 13.8. The minimum absolute atomic E-state index is 0.304. The molecule has 1 aliphatic rings. The Morgan fingerprint density at radius 2 is 1.97 bits per heavy atom. The number of carbonyl (C=O) groups excluding carboxylic acids is 1. The molecule has 0 radical (unpaired) electrons. The van der Waals surface area contributed by atoms with E-state index in [9.17, 15) is 4.79 Å².